The Morgan fingerprint density at radius 3 is 2.56 bits per heavy atom. The van der Waals surface area contributed by atoms with Gasteiger partial charge in [-0.3, -0.25) is 9.48 Å². The third-order valence-electron chi connectivity index (χ3n) is 4.40. The Labute approximate surface area is 164 Å². The van der Waals surface area contributed by atoms with Crippen LogP contribution in [0.1, 0.15) is 27.2 Å². The highest BCUT2D eigenvalue weighted by atomic mass is 35.5. The van der Waals surface area contributed by atoms with E-state index in [1.165, 1.54) is 0 Å². The Bertz CT molecular complexity index is 935. The molecule has 3 rings (SSSR count). The van der Waals surface area contributed by atoms with Gasteiger partial charge in [-0.05, 0) is 54.4 Å². The summed E-state index contributed by atoms with van der Waals surface area (Å²) in [5.41, 5.74) is 3.60. The van der Waals surface area contributed by atoms with E-state index < -0.39 is 0 Å². The molecule has 6 heteroatoms. The Morgan fingerprint density at radius 1 is 1.19 bits per heavy atom. The fraction of sp³-hybridized carbons (Fsp3) is 0.238. The predicted octanol–water partition coefficient (Wildman–Crippen LogP) is 4.23. The lowest BCUT2D eigenvalue weighted by Gasteiger charge is -2.17. The normalized spacial score (nSPS) is 10.7. The summed E-state index contributed by atoms with van der Waals surface area (Å²) in [7, 11) is 3.65. The molecule has 0 spiro atoms. The van der Waals surface area contributed by atoms with E-state index in [9.17, 15) is 4.79 Å². The second-order valence-electron chi connectivity index (χ2n) is 6.50. The molecular weight excluding hydrogens is 362 g/mol. The minimum absolute atomic E-state index is 0.0306. The SMILES string of the molecule is Cc1cc(OCc2ccc(C(=O)N(C)Cc3ccnn3C)cc2)ccc1Cl. The minimum atomic E-state index is -0.0306. The van der Waals surface area contributed by atoms with E-state index in [1.807, 2.05) is 62.5 Å². The van der Waals surface area contributed by atoms with Crippen LogP contribution in [-0.2, 0) is 20.2 Å². The highest BCUT2D eigenvalue weighted by molar-refractivity contribution is 6.31. The maximum Gasteiger partial charge on any atom is 0.253 e. The van der Waals surface area contributed by atoms with E-state index in [2.05, 4.69) is 5.10 Å². The Kier molecular flexibility index (Phi) is 5.81. The molecule has 1 aromatic heterocycles. The van der Waals surface area contributed by atoms with Gasteiger partial charge in [0, 0.05) is 30.9 Å². The third kappa shape index (κ3) is 4.68. The van der Waals surface area contributed by atoms with Crippen molar-refractivity contribution in [3.8, 4) is 5.75 Å². The molecule has 3 aromatic rings. The number of hydrogen-bond acceptors (Lipinski definition) is 3. The first kappa shape index (κ1) is 19.0. The van der Waals surface area contributed by atoms with Crippen LogP contribution in [0.25, 0.3) is 0 Å². The van der Waals surface area contributed by atoms with Gasteiger partial charge in [0.05, 0.1) is 12.2 Å². The second kappa shape index (κ2) is 8.27. The molecule has 0 fully saturated rings. The van der Waals surface area contributed by atoms with Crippen LogP contribution in [0.4, 0.5) is 0 Å². The van der Waals surface area contributed by atoms with E-state index >= 15 is 0 Å². The van der Waals surface area contributed by atoms with Crippen molar-refractivity contribution < 1.29 is 9.53 Å². The van der Waals surface area contributed by atoms with Crippen molar-refractivity contribution in [2.45, 2.75) is 20.1 Å². The quantitative estimate of drug-likeness (QED) is 0.639. The first-order valence-corrected chi connectivity index (χ1v) is 9.02. The first-order chi connectivity index (χ1) is 12.9. The summed E-state index contributed by atoms with van der Waals surface area (Å²) in [6, 6.07) is 15.0. The molecule has 140 valence electrons. The summed E-state index contributed by atoms with van der Waals surface area (Å²) >= 11 is 6.03. The van der Waals surface area contributed by atoms with Crippen LogP contribution < -0.4 is 4.74 Å². The molecule has 0 bridgehead atoms. The lowest BCUT2D eigenvalue weighted by molar-refractivity contribution is 0.0782. The van der Waals surface area contributed by atoms with Crippen molar-refractivity contribution >= 4 is 17.5 Å². The molecule has 2 aromatic carbocycles. The average molecular weight is 384 g/mol. The zero-order valence-corrected chi connectivity index (χ0v) is 16.4. The lowest BCUT2D eigenvalue weighted by Crippen LogP contribution is -2.27. The highest BCUT2D eigenvalue weighted by Crippen LogP contribution is 2.22. The Hall–Kier alpha value is -2.79. The van der Waals surface area contributed by atoms with Crippen molar-refractivity contribution in [1.29, 1.82) is 0 Å². The number of hydrogen-bond donors (Lipinski definition) is 0. The molecule has 0 N–H and O–H groups in total. The van der Waals surface area contributed by atoms with Crippen LogP contribution in [0.3, 0.4) is 0 Å². The summed E-state index contributed by atoms with van der Waals surface area (Å²) < 4.78 is 7.56. The number of ether oxygens (including phenoxy) is 1. The number of aromatic nitrogens is 2. The number of halogens is 1. The van der Waals surface area contributed by atoms with Gasteiger partial charge in [-0.15, -0.1) is 0 Å². The Morgan fingerprint density at radius 2 is 1.93 bits per heavy atom. The molecule has 0 aliphatic rings. The van der Waals surface area contributed by atoms with Crippen LogP contribution >= 0.6 is 11.6 Å². The van der Waals surface area contributed by atoms with Crippen molar-refractivity contribution in [3.63, 3.8) is 0 Å². The molecule has 5 nitrogen and oxygen atoms in total. The topological polar surface area (TPSA) is 47.4 Å². The fourth-order valence-electron chi connectivity index (χ4n) is 2.71. The van der Waals surface area contributed by atoms with Gasteiger partial charge in [-0.2, -0.15) is 5.10 Å². The van der Waals surface area contributed by atoms with E-state index in [1.54, 1.807) is 22.8 Å². The first-order valence-electron chi connectivity index (χ1n) is 8.64. The van der Waals surface area contributed by atoms with Gasteiger partial charge < -0.3 is 9.64 Å². The van der Waals surface area contributed by atoms with Crippen LogP contribution in [0.15, 0.2) is 54.7 Å². The van der Waals surface area contributed by atoms with Crippen molar-refractivity contribution in [2.75, 3.05) is 7.05 Å². The van der Waals surface area contributed by atoms with Gasteiger partial charge >= 0.3 is 0 Å². The van der Waals surface area contributed by atoms with Gasteiger partial charge in [0.1, 0.15) is 12.4 Å². The largest absolute Gasteiger partial charge is 0.489 e. The van der Waals surface area contributed by atoms with Crippen molar-refractivity contribution in [3.05, 3.63) is 82.1 Å². The van der Waals surface area contributed by atoms with Crippen LogP contribution in [0.2, 0.25) is 5.02 Å². The van der Waals surface area contributed by atoms with Gasteiger partial charge in [0.15, 0.2) is 0 Å². The minimum Gasteiger partial charge on any atom is -0.489 e. The molecule has 0 saturated carbocycles. The van der Waals surface area contributed by atoms with E-state index in [0.717, 1.165) is 27.6 Å². The number of amides is 1. The molecule has 0 unspecified atom stereocenters. The summed E-state index contributed by atoms with van der Waals surface area (Å²) in [5.74, 6) is 0.741. The molecule has 0 aliphatic carbocycles. The molecule has 1 heterocycles. The van der Waals surface area contributed by atoms with E-state index in [4.69, 9.17) is 16.3 Å². The number of benzene rings is 2. The molecule has 0 aliphatic heterocycles. The summed E-state index contributed by atoms with van der Waals surface area (Å²) in [6.45, 7) is 2.88. The number of rotatable bonds is 6. The monoisotopic (exact) mass is 383 g/mol. The highest BCUT2D eigenvalue weighted by Gasteiger charge is 2.13. The molecule has 0 radical (unpaired) electrons. The zero-order valence-electron chi connectivity index (χ0n) is 15.6. The maximum atomic E-state index is 12.6. The molecule has 27 heavy (non-hydrogen) atoms. The smallest absolute Gasteiger partial charge is 0.253 e. The molecular formula is C21H22ClN3O2. The average Bonchev–Trinajstić information content (AvgIpc) is 3.07. The maximum absolute atomic E-state index is 12.6. The summed E-state index contributed by atoms with van der Waals surface area (Å²) in [4.78, 5) is 14.3. The number of carbonyl (C=O) groups excluding carboxylic acids is 1. The van der Waals surface area contributed by atoms with Crippen LogP contribution in [0, 0.1) is 6.92 Å². The third-order valence-corrected chi connectivity index (χ3v) is 4.83. The van der Waals surface area contributed by atoms with Crippen molar-refractivity contribution in [1.82, 2.24) is 14.7 Å². The van der Waals surface area contributed by atoms with E-state index in [-0.39, 0.29) is 5.91 Å². The number of aryl methyl sites for hydroxylation is 2. The second-order valence-corrected chi connectivity index (χ2v) is 6.91. The van der Waals surface area contributed by atoms with E-state index in [0.29, 0.717) is 18.7 Å². The Balaban J connectivity index is 1.59. The van der Waals surface area contributed by atoms with Gasteiger partial charge in [0.2, 0.25) is 0 Å². The van der Waals surface area contributed by atoms with Crippen LogP contribution in [0.5, 0.6) is 5.75 Å². The standard InChI is InChI=1S/C21H22ClN3O2/c1-15-12-19(8-9-20(15)22)27-14-16-4-6-17(7-5-16)21(26)24(2)13-18-10-11-23-25(18)3/h4-12H,13-14H2,1-3H3. The molecule has 0 saturated heterocycles. The van der Waals surface area contributed by atoms with Crippen molar-refractivity contribution in [2.24, 2.45) is 7.05 Å². The fourth-order valence-corrected chi connectivity index (χ4v) is 2.83. The predicted molar refractivity (Wildman–Crippen MR) is 106 cm³/mol. The number of carbonyl (C=O) groups is 1. The zero-order chi connectivity index (χ0) is 19.4. The van der Waals surface area contributed by atoms with Gasteiger partial charge in [-0.1, -0.05) is 23.7 Å². The number of nitrogens with zero attached hydrogens (tertiary/aromatic N) is 3. The van der Waals surface area contributed by atoms with Crippen LogP contribution in [-0.4, -0.2) is 27.6 Å². The summed E-state index contributed by atoms with van der Waals surface area (Å²) in [6.07, 6.45) is 1.73. The summed E-state index contributed by atoms with van der Waals surface area (Å²) in [5, 5.41) is 4.85. The van der Waals surface area contributed by atoms with Gasteiger partial charge in [-0.25, -0.2) is 0 Å². The molecule has 0 atom stereocenters. The van der Waals surface area contributed by atoms with Gasteiger partial charge in [0.25, 0.3) is 5.91 Å². The lowest BCUT2D eigenvalue weighted by atomic mass is 10.1. The molecule has 1 amide bonds.